The van der Waals surface area contributed by atoms with Crippen LogP contribution in [0.2, 0.25) is 0 Å². The van der Waals surface area contributed by atoms with Crippen molar-refractivity contribution in [3.8, 4) is 0 Å². The molecule has 48 valence electrons. The molecule has 0 aromatic carbocycles. The molecule has 8 heavy (non-hydrogen) atoms. The fourth-order valence-electron chi connectivity index (χ4n) is 0.424. The van der Waals surface area contributed by atoms with Crippen LogP contribution in [0.3, 0.4) is 0 Å². The average Bonchev–Trinajstić information content (AvgIpc) is 1.69. The number of nitrogens with zero attached hydrogens (tertiary/aromatic N) is 1. The molecule has 0 saturated heterocycles. The maximum Gasteiger partial charge on any atom is 0.0798 e. The minimum Gasteiger partial charge on any atom is -0.289 e. The van der Waals surface area contributed by atoms with Crippen molar-refractivity contribution < 1.29 is 10.4 Å². The van der Waals surface area contributed by atoms with Crippen molar-refractivity contribution in [3.63, 3.8) is 0 Å². The SMILES string of the molecule is C=CC(CC)N(O)O. The minimum atomic E-state index is -0.338. The van der Waals surface area contributed by atoms with Gasteiger partial charge in [-0.05, 0) is 6.42 Å². The van der Waals surface area contributed by atoms with E-state index in [4.69, 9.17) is 10.4 Å². The number of hydroxylamine groups is 2. The zero-order valence-corrected chi connectivity index (χ0v) is 4.91. The van der Waals surface area contributed by atoms with Crippen molar-refractivity contribution in [3.05, 3.63) is 12.7 Å². The summed E-state index contributed by atoms with van der Waals surface area (Å²) in [5.41, 5.74) is 0. The number of hydrogen-bond donors (Lipinski definition) is 2. The van der Waals surface area contributed by atoms with Crippen molar-refractivity contribution >= 4 is 0 Å². The predicted molar refractivity (Wildman–Crippen MR) is 29.7 cm³/mol. The highest BCUT2D eigenvalue weighted by molar-refractivity contribution is 4.80. The fourth-order valence-corrected chi connectivity index (χ4v) is 0.424. The van der Waals surface area contributed by atoms with E-state index >= 15 is 0 Å². The second kappa shape index (κ2) is 3.60. The zero-order valence-electron chi connectivity index (χ0n) is 4.91. The first-order chi connectivity index (χ1) is 3.72. The Bertz CT molecular complexity index is 72.8. The second-order valence-corrected chi connectivity index (χ2v) is 1.53. The molecule has 0 radical (unpaired) electrons. The monoisotopic (exact) mass is 117 g/mol. The Labute approximate surface area is 48.8 Å². The molecule has 3 heteroatoms. The molecule has 0 bridgehead atoms. The lowest BCUT2D eigenvalue weighted by atomic mass is 10.2. The summed E-state index contributed by atoms with van der Waals surface area (Å²) < 4.78 is 0. The van der Waals surface area contributed by atoms with Gasteiger partial charge in [0, 0.05) is 0 Å². The van der Waals surface area contributed by atoms with Gasteiger partial charge in [0.25, 0.3) is 0 Å². The average molecular weight is 117 g/mol. The number of rotatable bonds is 3. The quantitative estimate of drug-likeness (QED) is 0.428. The topological polar surface area (TPSA) is 43.7 Å². The molecule has 0 fully saturated rings. The van der Waals surface area contributed by atoms with Gasteiger partial charge < -0.3 is 0 Å². The first-order valence-electron chi connectivity index (χ1n) is 2.52. The van der Waals surface area contributed by atoms with Gasteiger partial charge in [-0.15, -0.1) is 6.58 Å². The molecule has 0 aliphatic heterocycles. The van der Waals surface area contributed by atoms with Gasteiger partial charge >= 0.3 is 0 Å². The largest absolute Gasteiger partial charge is 0.289 e. The Morgan fingerprint density at radius 3 is 2.25 bits per heavy atom. The Balaban J connectivity index is 3.51. The van der Waals surface area contributed by atoms with Gasteiger partial charge in [-0.1, -0.05) is 18.2 Å². The Hall–Kier alpha value is -0.380. The molecule has 0 rings (SSSR count). The normalized spacial score (nSPS) is 14.0. The summed E-state index contributed by atoms with van der Waals surface area (Å²) in [4.78, 5) is 0. The van der Waals surface area contributed by atoms with Crippen molar-refractivity contribution in [1.82, 2.24) is 5.23 Å². The van der Waals surface area contributed by atoms with Gasteiger partial charge in [-0.3, -0.25) is 10.4 Å². The van der Waals surface area contributed by atoms with E-state index in [0.717, 1.165) is 0 Å². The molecule has 0 aliphatic carbocycles. The van der Waals surface area contributed by atoms with Crippen molar-refractivity contribution in [2.24, 2.45) is 0 Å². The Morgan fingerprint density at radius 1 is 1.75 bits per heavy atom. The van der Waals surface area contributed by atoms with Gasteiger partial charge in [0.15, 0.2) is 0 Å². The van der Waals surface area contributed by atoms with E-state index in [1.54, 1.807) is 0 Å². The lowest BCUT2D eigenvalue weighted by Crippen LogP contribution is -2.25. The van der Waals surface area contributed by atoms with Gasteiger partial charge in [0.1, 0.15) is 0 Å². The van der Waals surface area contributed by atoms with Crippen LogP contribution in [0.4, 0.5) is 0 Å². The summed E-state index contributed by atoms with van der Waals surface area (Å²) in [5, 5.41) is 16.8. The van der Waals surface area contributed by atoms with E-state index in [1.807, 2.05) is 6.92 Å². The van der Waals surface area contributed by atoms with E-state index in [9.17, 15) is 0 Å². The predicted octanol–water partition coefficient (Wildman–Crippen LogP) is 1.03. The summed E-state index contributed by atoms with van der Waals surface area (Å²) in [7, 11) is 0. The van der Waals surface area contributed by atoms with Crippen LogP contribution in [0.1, 0.15) is 13.3 Å². The summed E-state index contributed by atoms with van der Waals surface area (Å²) in [6.45, 7) is 5.23. The highest BCUT2D eigenvalue weighted by atomic mass is 16.8. The van der Waals surface area contributed by atoms with Gasteiger partial charge in [-0.25, -0.2) is 0 Å². The molecule has 1 atom stereocenters. The van der Waals surface area contributed by atoms with Gasteiger partial charge in [-0.2, -0.15) is 0 Å². The molecule has 0 spiro atoms. The van der Waals surface area contributed by atoms with Crippen LogP contribution in [0.25, 0.3) is 0 Å². The summed E-state index contributed by atoms with van der Waals surface area (Å²) >= 11 is 0. The maximum atomic E-state index is 8.33. The van der Waals surface area contributed by atoms with Crippen LogP contribution in [0.5, 0.6) is 0 Å². The summed E-state index contributed by atoms with van der Waals surface area (Å²) in [6.07, 6.45) is 2.12. The van der Waals surface area contributed by atoms with Crippen LogP contribution in [0.15, 0.2) is 12.7 Å². The molecule has 0 amide bonds. The van der Waals surface area contributed by atoms with E-state index in [0.29, 0.717) is 6.42 Å². The second-order valence-electron chi connectivity index (χ2n) is 1.53. The van der Waals surface area contributed by atoms with E-state index in [-0.39, 0.29) is 11.3 Å². The molecule has 0 saturated carbocycles. The molecule has 3 nitrogen and oxygen atoms in total. The van der Waals surface area contributed by atoms with Crippen molar-refractivity contribution in [2.75, 3.05) is 0 Å². The first-order valence-corrected chi connectivity index (χ1v) is 2.52. The third-order valence-electron chi connectivity index (χ3n) is 0.987. The van der Waals surface area contributed by atoms with E-state index in [2.05, 4.69) is 6.58 Å². The highest BCUT2D eigenvalue weighted by Gasteiger charge is 2.04. The van der Waals surface area contributed by atoms with Crippen LogP contribution < -0.4 is 0 Å². The van der Waals surface area contributed by atoms with Gasteiger partial charge in [0.05, 0.1) is 6.04 Å². The molecular weight excluding hydrogens is 106 g/mol. The maximum absolute atomic E-state index is 8.33. The molecular formula is C5H11NO2. The van der Waals surface area contributed by atoms with Crippen LogP contribution in [0, 0.1) is 0 Å². The summed E-state index contributed by atoms with van der Waals surface area (Å²) in [5.74, 6) is 0. The molecule has 0 heterocycles. The standard InChI is InChI=1S/C5H11NO2/c1-3-5(4-2)6(7)8/h3,5,7-8H,1,4H2,2H3. The van der Waals surface area contributed by atoms with Crippen molar-refractivity contribution in [1.29, 1.82) is 0 Å². The molecule has 0 aliphatic rings. The number of hydrogen-bond acceptors (Lipinski definition) is 3. The third-order valence-corrected chi connectivity index (χ3v) is 0.987. The Kier molecular flexibility index (Phi) is 3.43. The molecule has 1 unspecified atom stereocenters. The Morgan fingerprint density at radius 2 is 2.25 bits per heavy atom. The smallest absolute Gasteiger partial charge is 0.0798 e. The van der Waals surface area contributed by atoms with E-state index in [1.165, 1.54) is 6.08 Å². The fraction of sp³-hybridized carbons (Fsp3) is 0.600. The molecule has 0 aromatic rings. The lowest BCUT2D eigenvalue weighted by Gasteiger charge is -2.12. The lowest BCUT2D eigenvalue weighted by molar-refractivity contribution is -0.323. The van der Waals surface area contributed by atoms with Gasteiger partial charge in [0.2, 0.25) is 0 Å². The highest BCUT2D eigenvalue weighted by Crippen LogP contribution is 1.96. The molecule has 0 aromatic heterocycles. The zero-order chi connectivity index (χ0) is 6.57. The van der Waals surface area contributed by atoms with Crippen LogP contribution in [-0.2, 0) is 0 Å². The molecule has 2 N–H and O–H groups in total. The van der Waals surface area contributed by atoms with Crippen LogP contribution >= 0.6 is 0 Å². The summed E-state index contributed by atoms with van der Waals surface area (Å²) in [6, 6.07) is -0.338. The van der Waals surface area contributed by atoms with Crippen LogP contribution in [-0.4, -0.2) is 21.7 Å². The van der Waals surface area contributed by atoms with Crippen molar-refractivity contribution in [2.45, 2.75) is 19.4 Å². The van der Waals surface area contributed by atoms with E-state index < -0.39 is 0 Å². The minimum absolute atomic E-state index is 0.160. The third kappa shape index (κ3) is 2.07. The first kappa shape index (κ1) is 7.62.